The van der Waals surface area contributed by atoms with Crippen molar-refractivity contribution in [3.8, 4) is 0 Å². The van der Waals surface area contributed by atoms with Crippen molar-refractivity contribution in [1.82, 2.24) is 5.32 Å². The lowest BCUT2D eigenvalue weighted by Crippen LogP contribution is -2.61. The molecule has 4 nitrogen and oxygen atoms in total. The zero-order valence-corrected chi connectivity index (χ0v) is 11.1. The van der Waals surface area contributed by atoms with Crippen molar-refractivity contribution < 1.29 is 9.90 Å². The Morgan fingerprint density at radius 1 is 1.33 bits per heavy atom. The van der Waals surface area contributed by atoms with Crippen LogP contribution in [0.4, 0.5) is 5.69 Å². The number of benzene rings is 1. The summed E-state index contributed by atoms with van der Waals surface area (Å²) in [7, 11) is 0. The smallest absolute Gasteiger partial charge is 0.245 e. The van der Waals surface area contributed by atoms with E-state index >= 15 is 0 Å². The first-order chi connectivity index (χ1) is 8.52. The quantitative estimate of drug-likeness (QED) is 0.820. The normalized spacial score (nSPS) is 24.0. The van der Waals surface area contributed by atoms with Crippen molar-refractivity contribution in [3.05, 3.63) is 29.3 Å². The zero-order chi connectivity index (χ0) is 13.3. The second-order valence-electron chi connectivity index (χ2n) is 5.05. The molecule has 2 atom stereocenters. The van der Waals surface area contributed by atoms with Crippen LogP contribution in [0.5, 0.6) is 0 Å². The van der Waals surface area contributed by atoms with Crippen LogP contribution in [0, 0.1) is 13.8 Å². The molecule has 2 unspecified atom stereocenters. The molecule has 0 bridgehead atoms. The standard InChI is InChI=1S/C14H20N2O2/c1-9-4-10(2)6-12(5-9)16-11(3)7-15-14(18)13(16)8-17/h4-6,11,13,17H,7-8H2,1-3H3,(H,15,18). The number of hydrogen-bond acceptors (Lipinski definition) is 3. The Hall–Kier alpha value is -1.55. The number of carbonyl (C=O) groups is 1. The fraction of sp³-hybridized carbons (Fsp3) is 0.500. The van der Waals surface area contributed by atoms with Gasteiger partial charge >= 0.3 is 0 Å². The average Bonchev–Trinajstić information content (AvgIpc) is 2.30. The fourth-order valence-electron chi connectivity index (χ4n) is 2.60. The highest BCUT2D eigenvalue weighted by atomic mass is 16.3. The third-order valence-corrected chi connectivity index (χ3v) is 3.36. The zero-order valence-electron chi connectivity index (χ0n) is 11.1. The van der Waals surface area contributed by atoms with E-state index in [-0.39, 0.29) is 18.6 Å². The summed E-state index contributed by atoms with van der Waals surface area (Å²) in [6.07, 6.45) is 0. The molecule has 1 heterocycles. The summed E-state index contributed by atoms with van der Waals surface area (Å²) in [5.74, 6) is -0.102. The Bertz CT molecular complexity index is 439. The lowest BCUT2D eigenvalue weighted by molar-refractivity contribution is -0.124. The van der Waals surface area contributed by atoms with Gasteiger partial charge in [-0.2, -0.15) is 0 Å². The molecule has 1 aromatic rings. The minimum Gasteiger partial charge on any atom is -0.394 e. The van der Waals surface area contributed by atoms with E-state index in [2.05, 4.69) is 30.4 Å². The van der Waals surface area contributed by atoms with E-state index in [1.54, 1.807) is 0 Å². The molecule has 0 spiro atoms. The predicted molar refractivity (Wildman–Crippen MR) is 71.7 cm³/mol. The van der Waals surface area contributed by atoms with Gasteiger partial charge < -0.3 is 15.3 Å². The molecule has 2 rings (SSSR count). The molecule has 1 fully saturated rings. The summed E-state index contributed by atoms with van der Waals surface area (Å²) in [6, 6.07) is 5.91. The van der Waals surface area contributed by atoms with Crippen molar-refractivity contribution in [1.29, 1.82) is 0 Å². The Labute approximate surface area is 108 Å². The molecule has 2 N–H and O–H groups in total. The molecule has 1 aromatic carbocycles. The summed E-state index contributed by atoms with van der Waals surface area (Å²) < 4.78 is 0. The lowest BCUT2D eigenvalue weighted by atomic mass is 10.0. The molecule has 1 amide bonds. The Kier molecular flexibility index (Phi) is 3.57. The summed E-state index contributed by atoms with van der Waals surface area (Å²) in [4.78, 5) is 13.8. The SMILES string of the molecule is Cc1cc(C)cc(N2C(C)CNC(=O)C2CO)c1. The van der Waals surface area contributed by atoms with Gasteiger partial charge in [-0.25, -0.2) is 0 Å². The molecular formula is C14H20N2O2. The number of rotatable bonds is 2. The predicted octanol–water partition coefficient (Wildman–Crippen LogP) is 0.989. The average molecular weight is 248 g/mol. The molecule has 0 aliphatic carbocycles. The Morgan fingerprint density at radius 3 is 2.50 bits per heavy atom. The fourth-order valence-corrected chi connectivity index (χ4v) is 2.60. The van der Waals surface area contributed by atoms with Gasteiger partial charge in [0.2, 0.25) is 5.91 Å². The molecule has 1 aliphatic rings. The second kappa shape index (κ2) is 4.98. The molecule has 0 saturated carbocycles. The van der Waals surface area contributed by atoms with Gasteiger partial charge in [-0.1, -0.05) is 6.07 Å². The molecule has 98 valence electrons. The van der Waals surface area contributed by atoms with Crippen LogP contribution in [0.15, 0.2) is 18.2 Å². The van der Waals surface area contributed by atoms with Crippen LogP contribution >= 0.6 is 0 Å². The monoisotopic (exact) mass is 248 g/mol. The van der Waals surface area contributed by atoms with Crippen LogP contribution in [0.3, 0.4) is 0 Å². The van der Waals surface area contributed by atoms with Gasteiger partial charge in [0.15, 0.2) is 0 Å². The number of nitrogens with one attached hydrogen (secondary N) is 1. The number of anilines is 1. The summed E-state index contributed by atoms with van der Waals surface area (Å²) in [6.45, 7) is 6.59. The van der Waals surface area contributed by atoms with Gasteiger partial charge in [-0.05, 0) is 44.0 Å². The van der Waals surface area contributed by atoms with E-state index in [9.17, 15) is 9.90 Å². The number of nitrogens with zero attached hydrogens (tertiary/aromatic N) is 1. The van der Waals surface area contributed by atoms with E-state index < -0.39 is 6.04 Å². The minimum atomic E-state index is -0.491. The van der Waals surface area contributed by atoms with Gasteiger partial charge in [-0.3, -0.25) is 4.79 Å². The van der Waals surface area contributed by atoms with Crippen molar-refractivity contribution in [2.75, 3.05) is 18.1 Å². The topological polar surface area (TPSA) is 52.6 Å². The maximum absolute atomic E-state index is 11.8. The lowest BCUT2D eigenvalue weighted by Gasteiger charge is -2.41. The summed E-state index contributed by atoms with van der Waals surface area (Å²) >= 11 is 0. The first kappa shape index (κ1) is 12.9. The van der Waals surface area contributed by atoms with Gasteiger partial charge in [0.05, 0.1) is 6.61 Å². The highest BCUT2D eigenvalue weighted by Crippen LogP contribution is 2.25. The van der Waals surface area contributed by atoms with Crippen LogP contribution in [0.1, 0.15) is 18.1 Å². The van der Waals surface area contributed by atoms with E-state index in [1.165, 1.54) is 11.1 Å². The van der Waals surface area contributed by atoms with E-state index in [1.807, 2.05) is 18.7 Å². The maximum Gasteiger partial charge on any atom is 0.245 e. The number of aryl methyl sites for hydroxylation is 2. The van der Waals surface area contributed by atoms with E-state index in [0.29, 0.717) is 6.54 Å². The summed E-state index contributed by atoms with van der Waals surface area (Å²) in [5, 5.41) is 12.3. The molecule has 1 saturated heterocycles. The number of hydrogen-bond donors (Lipinski definition) is 2. The maximum atomic E-state index is 11.8. The van der Waals surface area contributed by atoms with Crippen molar-refractivity contribution in [2.45, 2.75) is 32.9 Å². The van der Waals surface area contributed by atoms with E-state index in [4.69, 9.17) is 0 Å². The van der Waals surface area contributed by atoms with Gasteiger partial charge in [0, 0.05) is 18.3 Å². The Balaban J connectivity index is 2.41. The largest absolute Gasteiger partial charge is 0.394 e. The number of amides is 1. The van der Waals surface area contributed by atoms with Crippen LogP contribution < -0.4 is 10.2 Å². The van der Waals surface area contributed by atoms with Crippen molar-refractivity contribution >= 4 is 11.6 Å². The van der Waals surface area contributed by atoms with Crippen LogP contribution in [-0.4, -0.2) is 36.2 Å². The second-order valence-corrected chi connectivity index (χ2v) is 5.05. The van der Waals surface area contributed by atoms with Gasteiger partial charge in [0.25, 0.3) is 0 Å². The number of aliphatic hydroxyl groups is 1. The third kappa shape index (κ3) is 2.34. The number of aliphatic hydroxyl groups excluding tert-OH is 1. The van der Waals surface area contributed by atoms with Crippen LogP contribution in [0.2, 0.25) is 0 Å². The molecule has 0 aromatic heterocycles. The number of piperazine rings is 1. The van der Waals surface area contributed by atoms with Gasteiger partial charge in [0.1, 0.15) is 6.04 Å². The van der Waals surface area contributed by atoms with Crippen LogP contribution in [0.25, 0.3) is 0 Å². The summed E-state index contributed by atoms with van der Waals surface area (Å²) in [5.41, 5.74) is 3.34. The third-order valence-electron chi connectivity index (χ3n) is 3.36. The molecular weight excluding hydrogens is 228 g/mol. The van der Waals surface area contributed by atoms with Gasteiger partial charge in [-0.15, -0.1) is 0 Å². The highest BCUT2D eigenvalue weighted by molar-refractivity contribution is 5.87. The van der Waals surface area contributed by atoms with E-state index in [0.717, 1.165) is 5.69 Å². The molecule has 18 heavy (non-hydrogen) atoms. The highest BCUT2D eigenvalue weighted by Gasteiger charge is 2.33. The molecule has 0 radical (unpaired) electrons. The minimum absolute atomic E-state index is 0.102. The molecule has 4 heteroatoms. The molecule has 1 aliphatic heterocycles. The van der Waals surface area contributed by atoms with Crippen molar-refractivity contribution in [3.63, 3.8) is 0 Å². The number of carbonyl (C=O) groups excluding carboxylic acids is 1. The first-order valence-electron chi connectivity index (χ1n) is 6.28. The first-order valence-corrected chi connectivity index (χ1v) is 6.28. The van der Waals surface area contributed by atoms with Crippen molar-refractivity contribution in [2.24, 2.45) is 0 Å². The Morgan fingerprint density at radius 2 is 1.94 bits per heavy atom. The van der Waals surface area contributed by atoms with Crippen LogP contribution in [-0.2, 0) is 4.79 Å².